The van der Waals surface area contributed by atoms with Gasteiger partial charge >= 0.3 is 5.97 Å². The topological polar surface area (TPSA) is 37.3 Å². The molecular weight excluding hydrogens is 200 g/mol. The molecule has 1 saturated carbocycles. The van der Waals surface area contributed by atoms with Crippen molar-refractivity contribution in [2.45, 2.75) is 58.8 Å². The number of carboxylic acid groups (broad SMARTS) is 1. The number of hydrogen-bond donors (Lipinski definition) is 1. The maximum absolute atomic E-state index is 11.5. The van der Waals surface area contributed by atoms with Gasteiger partial charge in [0.1, 0.15) is 0 Å². The van der Waals surface area contributed by atoms with Crippen LogP contribution in [0.2, 0.25) is 0 Å². The Labute approximate surface area is 97.7 Å². The maximum atomic E-state index is 11.5. The lowest BCUT2D eigenvalue weighted by Gasteiger charge is -2.40. The van der Waals surface area contributed by atoms with Gasteiger partial charge in [0.05, 0.1) is 0 Å². The molecule has 1 spiro atoms. The van der Waals surface area contributed by atoms with E-state index in [-0.39, 0.29) is 5.41 Å². The quantitative estimate of drug-likeness (QED) is 0.772. The van der Waals surface area contributed by atoms with Gasteiger partial charge in [-0.1, -0.05) is 25.3 Å². The largest absolute Gasteiger partial charge is 0.478 e. The minimum atomic E-state index is -0.655. The Balaban J connectivity index is 2.45. The summed E-state index contributed by atoms with van der Waals surface area (Å²) in [6.45, 7) is 4.23. The number of allylic oxidation sites excluding steroid dienone is 1. The molecule has 2 rings (SSSR count). The summed E-state index contributed by atoms with van der Waals surface area (Å²) in [4.78, 5) is 11.5. The van der Waals surface area contributed by atoms with Crippen LogP contribution < -0.4 is 0 Å². The van der Waals surface area contributed by atoms with Crippen molar-refractivity contribution >= 4 is 5.97 Å². The van der Waals surface area contributed by atoms with Gasteiger partial charge in [-0.05, 0) is 44.9 Å². The van der Waals surface area contributed by atoms with E-state index < -0.39 is 5.97 Å². The monoisotopic (exact) mass is 222 g/mol. The minimum Gasteiger partial charge on any atom is -0.478 e. The van der Waals surface area contributed by atoms with Gasteiger partial charge in [-0.15, -0.1) is 0 Å². The normalized spacial score (nSPS) is 34.8. The summed E-state index contributed by atoms with van der Waals surface area (Å²) in [5, 5.41) is 9.49. The van der Waals surface area contributed by atoms with Gasteiger partial charge in [-0.25, -0.2) is 4.79 Å². The van der Waals surface area contributed by atoms with Gasteiger partial charge in [0.15, 0.2) is 0 Å². The fourth-order valence-electron chi connectivity index (χ4n) is 4.14. The van der Waals surface area contributed by atoms with E-state index >= 15 is 0 Å². The molecular formula is C14H22O2. The molecule has 2 heteroatoms. The van der Waals surface area contributed by atoms with Crippen LogP contribution in [0.5, 0.6) is 0 Å². The molecule has 2 atom stereocenters. The van der Waals surface area contributed by atoms with Gasteiger partial charge in [-0.3, -0.25) is 0 Å². The average molecular weight is 222 g/mol. The van der Waals surface area contributed by atoms with E-state index in [1.807, 2.05) is 6.92 Å². The third kappa shape index (κ3) is 1.59. The third-order valence-corrected chi connectivity index (χ3v) is 4.76. The van der Waals surface area contributed by atoms with Crippen LogP contribution in [0.25, 0.3) is 0 Å². The van der Waals surface area contributed by atoms with Crippen molar-refractivity contribution in [1.29, 1.82) is 0 Å². The number of rotatable bonds is 2. The molecule has 1 N–H and O–H groups in total. The van der Waals surface area contributed by atoms with E-state index in [2.05, 4.69) is 6.92 Å². The van der Waals surface area contributed by atoms with Crippen molar-refractivity contribution in [3.63, 3.8) is 0 Å². The molecule has 2 aliphatic carbocycles. The van der Waals surface area contributed by atoms with Crippen molar-refractivity contribution in [3.05, 3.63) is 11.1 Å². The summed E-state index contributed by atoms with van der Waals surface area (Å²) in [6, 6.07) is 0. The van der Waals surface area contributed by atoms with Gasteiger partial charge in [0.2, 0.25) is 0 Å². The predicted octanol–water partition coefficient (Wildman–Crippen LogP) is 3.77. The molecule has 16 heavy (non-hydrogen) atoms. The minimum absolute atomic E-state index is 0.0307. The van der Waals surface area contributed by atoms with Crippen LogP contribution in [-0.4, -0.2) is 11.1 Å². The smallest absolute Gasteiger partial charge is 0.332 e. The second kappa shape index (κ2) is 4.23. The van der Waals surface area contributed by atoms with Gasteiger partial charge in [-0.2, -0.15) is 0 Å². The molecule has 0 heterocycles. The molecule has 2 nitrogen and oxygen atoms in total. The molecule has 0 radical (unpaired) electrons. The molecule has 0 aliphatic heterocycles. The highest BCUT2D eigenvalue weighted by molar-refractivity contribution is 5.89. The predicted molar refractivity (Wildman–Crippen MR) is 64.3 cm³/mol. The van der Waals surface area contributed by atoms with E-state index in [9.17, 15) is 9.90 Å². The standard InChI is InChI=1S/C14H22O2/c1-3-11-7-5-9-14(11)8-4-6-10(2)12(14)13(15)16/h11H,3-9H2,1-2H3,(H,15,16). The Morgan fingerprint density at radius 2 is 2.12 bits per heavy atom. The summed E-state index contributed by atoms with van der Waals surface area (Å²) < 4.78 is 0. The fraction of sp³-hybridized carbons (Fsp3) is 0.786. The van der Waals surface area contributed by atoms with Crippen LogP contribution in [0.4, 0.5) is 0 Å². The Hall–Kier alpha value is -0.790. The fourth-order valence-corrected chi connectivity index (χ4v) is 4.14. The van der Waals surface area contributed by atoms with Gasteiger partial charge in [0.25, 0.3) is 0 Å². The summed E-state index contributed by atoms with van der Waals surface area (Å²) in [5.41, 5.74) is 1.95. The number of aliphatic carboxylic acids is 1. The second-order valence-electron chi connectivity index (χ2n) is 5.47. The lowest BCUT2D eigenvalue weighted by atomic mass is 9.63. The molecule has 0 amide bonds. The first-order valence-corrected chi connectivity index (χ1v) is 6.55. The van der Waals surface area contributed by atoms with Crippen LogP contribution >= 0.6 is 0 Å². The van der Waals surface area contributed by atoms with Crippen molar-refractivity contribution in [2.75, 3.05) is 0 Å². The number of carbonyl (C=O) groups is 1. The Morgan fingerprint density at radius 3 is 2.75 bits per heavy atom. The zero-order chi connectivity index (χ0) is 11.8. The van der Waals surface area contributed by atoms with Crippen LogP contribution in [0, 0.1) is 11.3 Å². The Kier molecular flexibility index (Phi) is 3.09. The average Bonchev–Trinajstić information content (AvgIpc) is 2.60. The van der Waals surface area contributed by atoms with Crippen molar-refractivity contribution < 1.29 is 9.90 Å². The van der Waals surface area contributed by atoms with Crippen molar-refractivity contribution in [2.24, 2.45) is 11.3 Å². The third-order valence-electron chi connectivity index (χ3n) is 4.76. The molecule has 0 bridgehead atoms. The highest BCUT2D eigenvalue weighted by atomic mass is 16.4. The van der Waals surface area contributed by atoms with E-state index in [1.54, 1.807) is 0 Å². The van der Waals surface area contributed by atoms with E-state index in [0.29, 0.717) is 5.92 Å². The maximum Gasteiger partial charge on any atom is 0.332 e. The zero-order valence-corrected chi connectivity index (χ0v) is 10.4. The van der Waals surface area contributed by atoms with Crippen LogP contribution in [0.15, 0.2) is 11.1 Å². The summed E-state index contributed by atoms with van der Waals surface area (Å²) in [6.07, 6.45) is 7.93. The molecule has 2 unspecified atom stereocenters. The first-order chi connectivity index (χ1) is 7.62. The summed E-state index contributed by atoms with van der Waals surface area (Å²) in [7, 11) is 0. The van der Waals surface area contributed by atoms with Crippen molar-refractivity contribution in [3.8, 4) is 0 Å². The van der Waals surface area contributed by atoms with Gasteiger partial charge < -0.3 is 5.11 Å². The number of carboxylic acids is 1. The van der Waals surface area contributed by atoms with Crippen LogP contribution in [-0.2, 0) is 4.79 Å². The second-order valence-corrected chi connectivity index (χ2v) is 5.47. The number of hydrogen-bond acceptors (Lipinski definition) is 1. The molecule has 0 saturated heterocycles. The highest BCUT2D eigenvalue weighted by Gasteiger charge is 2.48. The van der Waals surface area contributed by atoms with E-state index in [1.165, 1.54) is 19.3 Å². The molecule has 0 aromatic heterocycles. The first kappa shape index (κ1) is 11.7. The van der Waals surface area contributed by atoms with Crippen LogP contribution in [0.1, 0.15) is 58.8 Å². The van der Waals surface area contributed by atoms with Gasteiger partial charge in [0, 0.05) is 11.0 Å². The highest BCUT2D eigenvalue weighted by Crippen LogP contribution is 2.56. The van der Waals surface area contributed by atoms with E-state index in [0.717, 1.165) is 36.8 Å². The molecule has 0 aromatic rings. The lowest BCUT2D eigenvalue weighted by Crippen LogP contribution is -2.34. The zero-order valence-electron chi connectivity index (χ0n) is 10.4. The molecule has 0 aromatic carbocycles. The molecule has 1 fully saturated rings. The molecule has 90 valence electrons. The lowest BCUT2D eigenvalue weighted by molar-refractivity contribution is -0.134. The van der Waals surface area contributed by atoms with Crippen LogP contribution in [0.3, 0.4) is 0 Å². The van der Waals surface area contributed by atoms with E-state index in [4.69, 9.17) is 0 Å². The molecule has 2 aliphatic rings. The first-order valence-electron chi connectivity index (χ1n) is 6.55. The summed E-state index contributed by atoms with van der Waals surface area (Å²) >= 11 is 0. The van der Waals surface area contributed by atoms with Crippen molar-refractivity contribution in [1.82, 2.24) is 0 Å². The summed E-state index contributed by atoms with van der Waals surface area (Å²) in [5.74, 6) is -0.0496. The SMILES string of the molecule is CCC1CCCC12CCCC(C)=C2C(=O)O. The Morgan fingerprint density at radius 1 is 1.44 bits per heavy atom. The Bertz CT molecular complexity index is 330.